The average molecular weight is 471 g/mol. The summed E-state index contributed by atoms with van der Waals surface area (Å²) in [4.78, 5) is 33.0. The van der Waals surface area contributed by atoms with Crippen LogP contribution in [0.5, 0.6) is 0 Å². The summed E-state index contributed by atoms with van der Waals surface area (Å²) in [7, 11) is 0. The van der Waals surface area contributed by atoms with Crippen LogP contribution < -0.4 is 10.9 Å². The van der Waals surface area contributed by atoms with E-state index < -0.39 is 0 Å². The largest absolute Gasteiger partial charge is 0.366 e. The van der Waals surface area contributed by atoms with E-state index in [1.165, 1.54) is 41.8 Å². The lowest BCUT2D eigenvalue weighted by molar-refractivity contribution is -0.122. The molecule has 8 heteroatoms. The topological polar surface area (TPSA) is 66.7 Å². The van der Waals surface area contributed by atoms with Crippen LogP contribution in [0, 0.1) is 6.92 Å². The van der Waals surface area contributed by atoms with Gasteiger partial charge in [-0.3, -0.25) is 18.9 Å². The van der Waals surface area contributed by atoms with Gasteiger partial charge in [-0.25, -0.2) is 4.98 Å². The van der Waals surface area contributed by atoms with Gasteiger partial charge in [-0.15, -0.1) is 6.58 Å². The van der Waals surface area contributed by atoms with Gasteiger partial charge in [0.1, 0.15) is 15.8 Å². The molecule has 32 heavy (non-hydrogen) atoms. The number of unbranched alkanes of at least 4 members (excludes halogenated alkanes) is 5. The number of thiocarbonyl (C=S) groups is 1. The summed E-state index contributed by atoms with van der Waals surface area (Å²) < 4.78 is 2.05. The number of carbonyl (C=O) groups is 1. The average Bonchev–Trinajstić information content (AvgIpc) is 3.04. The Morgan fingerprint density at radius 2 is 1.94 bits per heavy atom. The first-order valence-corrected chi connectivity index (χ1v) is 12.3. The van der Waals surface area contributed by atoms with Crippen LogP contribution in [0.2, 0.25) is 0 Å². The number of pyridine rings is 1. The van der Waals surface area contributed by atoms with Crippen molar-refractivity contribution >= 4 is 51.7 Å². The third-order valence-corrected chi connectivity index (χ3v) is 6.68. The molecule has 6 nitrogen and oxygen atoms in total. The van der Waals surface area contributed by atoms with Crippen molar-refractivity contribution in [1.29, 1.82) is 0 Å². The lowest BCUT2D eigenvalue weighted by Crippen LogP contribution is -2.29. The van der Waals surface area contributed by atoms with Crippen LogP contribution >= 0.6 is 24.0 Å². The number of hydrogen-bond donors (Lipinski definition) is 1. The van der Waals surface area contributed by atoms with E-state index in [1.54, 1.807) is 29.3 Å². The molecule has 3 heterocycles. The van der Waals surface area contributed by atoms with E-state index >= 15 is 0 Å². The highest BCUT2D eigenvalue weighted by Gasteiger charge is 2.32. The zero-order valence-corrected chi connectivity index (χ0v) is 20.4. The Bertz CT molecular complexity index is 1110. The quantitative estimate of drug-likeness (QED) is 0.212. The first kappa shape index (κ1) is 24.2. The molecule has 1 fully saturated rings. The van der Waals surface area contributed by atoms with Crippen molar-refractivity contribution < 1.29 is 4.79 Å². The molecular weight excluding hydrogens is 440 g/mol. The predicted octanol–water partition coefficient (Wildman–Crippen LogP) is 5.16. The molecule has 2 aromatic rings. The predicted molar refractivity (Wildman–Crippen MR) is 138 cm³/mol. The van der Waals surface area contributed by atoms with Gasteiger partial charge in [0.05, 0.1) is 10.5 Å². The molecule has 1 aliphatic heterocycles. The first-order valence-electron chi connectivity index (χ1n) is 11.1. The number of aryl methyl sites for hydroxylation is 1. The number of amides is 1. The molecule has 0 aliphatic carbocycles. The first-order chi connectivity index (χ1) is 15.5. The van der Waals surface area contributed by atoms with E-state index in [2.05, 4.69) is 23.8 Å². The van der Waals surface area contributed by atoms with E-state index in [9.17, 15) is 9.59 Å². The molecular formula is C24H30N4O2S2. The summed E-state index contributed by atoms with van der Waals surface area (Å²) in [6.45, 7) is 8.90. The zero-order valence-electron chi connectivity index (χ0n) is 18.7. The molecule has 0 atom stereocenters. The van der Waals surface area contributed by atoms with E-state index in [1.807, 2.05) is 13.0 Å². The Morgan fingerprint density at radius 1 is 1.19 bits per heavy atom. The number of thioether (sulfide) groups is 1. The standard InChI is InChI=1S/C24H30N4O2S2/c1-4-6-7-8-9-10-14-27-23(30)19(32-24(27)31)15-18-21(25-13-5-2)26-20-12-11-17(3)16-28(20)22(18)29/h5,11-12,15-16,25H,2,4,6-10,13-14H2,1,3H3/b19-15-. The second-order valence-corrected chi connectivity index (χ2v) is 9.56. The second kappa shape index (κ2) is 11.4. The lowest BCUT2D eigenvalue weighted by Gasteiger charge is -2.14. The SMILES string of the molecule is C=CCNc1nc2ccc(C)cn2c(=O)c1/C=C1\SC(=S)N(CCCCCCCC)C1=O. The molecule has 0 aromatic carbocycles. The lowest BCUT2D eigenvalue weighted by atomic mass is 10.1. The maximum absolute atomic E-state index is 13.3. The van der Waals surface area contributed by atoms with Crippen molar-refractivity contribution in [2.45, 2.75) is 52.4 Å². The number of nitrogens with one attached hydrogen (secondary N) is 1. The highest BCUT2D eigenvalue weighted by atomic mass is 32.2. The van der Waals surface area contributed by atoms with Gasteiger partial charge in [0.25, 0.3) is 11.5 Å². The van der Waals surface area contributed by atoms with Crippen molar-refractivity contribution in [3.8, 4) is 0 Å². The van der Waals surface area contributed by atoms with Crippen molar-refractivity contribution in [2.75, 3.05) is 18.4 Å². The maximum atomic E-state index is 13.3. The van der Waals surface area contributed by atoms with Gasteiger partial charge in [-0.05, 0) is 31.1 Å². The Labute approximate surface area is 198 Å². The van der Waals surface area contributed by atoms with Crippen LogP contribution in [0.3, 0.4) is 0 Å². The molecule has 2 aromatic heterocycles. The third-order valence-electron chi connectivity index (χ3n) is 5.30. The van der Waals surface area contributed by atoms with Crippen LogP contribution in [0.15, 0.2) is 40.7 Å². The Balaban J connectivity index is 1.86. The summed E-state index contributed by atoms with van der Waals surface area (Å²) in [5, 5.41) is 3.13. The van der Waals surface area contributed by atoms with E-state index in [0.29, 0.717) is 39.3 Å². The van der Waals surface area contributed by atoms with Crippen LogP contribution in [0.25, 0.3) is 11.7 Å². The number of anilines is 1. The smallest absolute Gasteiger partial charge is 0.267 e. The van der Waals surface area contributed by atoms with E-state index in [4.69, 9.17) is 12.2 Å². The number of carbonyl (C=O) groups excluding carboxylic acids is 1. The minimum Gasteiger partial charge on any atom is -0.366 e. The van der Waals surface area contributed by atoms with Gasteiger partial charge in [0.2, 0.25) is 0 Å². The number of hydrogen-bond acceptors (Lipinski definition) is 6. The van der Waals surface area contributed by atoms with Gasteiger partial charge >= 0.3 is 0 Å². The Hall–Kier alpha value is -2.45. The highest BCUT2D eigenvalue weighted by Crippen LogP contribution is 2.33. The monoisotopic (exact) mass is 470 g/mol. The van der Waals surface area contributed by atoms with Crippen LogP contribution in [-0.2, 0) is 4.79 Å². The number of rotatable bonds is 11. The molecule has 0 radical (unpaired) electrons. The molecule has 0 bridgehead atoms. The molecule has 0 saturated carbocycles. The normalized spacial score (nSPS) is 15.2. The van der Waals surface area contributed by atoms with Crippen molar-refractivity contribution in [3.05, 3.63) is 57.4 Å². The van der Waals surface area contributed by atoms with Gasteiger partial charge < -0.3 is 5.32 Å². The fraction of sp³-hybridized carbons (Fsp3) is 0.417. The number of fused-ring (bicyclic) bond motifs is 1. The molecule has 3 rings (SSSR count). The van der Waals surface area contributed by atoms with Crippen molar-refractivity contribution in [1.82, 2.24) is 14.3 Å². The zero-order chi connectivity index (χ0) is 23.1. The Morgan fingerprint density at radius 3 is 2.69 bits per heavy atom. The Kier molecular flexibility index (Phi) is 8.64. The van der Waals surface area contributed by atoms with E-state index in [-0.39, 0.29) is 11.5 Å². The number of nitrogens with zero attached hydrogens (tertiary/aromatic N) is 3. The molecule has 0 unspecified atom stereocenters. The molecule has 1 saturated heterocycles. The van der Waals surface area contributed by atoms with Crippen molar-refractivity contribution in [2.24, 2.45) is 0 Å². The summed E-state index contributed by atoms with van der Waals surface area (Å²) >= 11 is 6.70. The van der Waals surface area contributed by atoms with Gasteiger partial charge in [-0.1, -0.05) is 75.1 Å². The summed E-state index contributed by atoms with van der Waals surface area (Å²) in [6, 6.07) is 3.71. The summed E-state index contributed by atoms with van der Waals surface area (Å²) in [6.07, 6.45) is 12.0. The van der Waals surface area contributed by atoms with Gasteiger partial charge in [0, 0.05) is 19.3 Å². The fourth-order valence-corrected chi connectivity index (χ4v) is 4.86. The third kappa shape index (κ3) is 5.66. The summed E-state index contributed by atoms with van der Waals surface area (Å²) in [5.41, 5.74) is 1.60. The molecule has 1 aliphatic rings. The molecule has 0 spiro atoms. The van der Waals surface area contributed by atoms with Gasteiger partial charge in [-0.2, -0.15) is 0 Å². The van der Waals surface area contributed by atoms with E-state index in [0.717, 1.165) is 18.4 Å². The second-order valence-electron chi connectivity index (χ2n) is 7.88. The van der Waals surface area contributed by atoms with Crippen LogP contribution in [-0.4, -0.2) is 37.6 Å². The van der Waals surface area contributed by atoms with Crippen molar-refractivity contribution in [3.63, 3.8) is 0 Å². The van der Waals surface area contributed by atoms with Gasteiger partial charge in [0.15, 0.2) is 0 Å². The molecule has 170 valence electrons. The summed E-state index contributed by atoms with van der Waals surface area (Å²) in [5.74, 6) is 0.289. The van der Waals surface area contributed by atoms with Crippen LogP contribution in [0.4, 0.5) is 5.82 Å². The number of aromatic nitrogens is 2. The highest BCUT2D eigenvalue weighted by molar-refractivity contribution is 8.26. The minimum absolute atomic E-state index is 0.142. The molecule has 1 N–H and O–H groups in total. The minimum atomic E-state index is -0.230. The van der Waals surface area contributed by atoms with Crippen LogP contribution in [0.1, 0.15) is 56.6 Å². The fourth-order valence-electron chi connectivity index (χ4n) is 3.57. The molecule has 1 amide bonds. The maximum Gasteiger partial charge on any atom is 0.267 e.